The number of hydrogen-bond acceptors (Lipinski definition) is 5. The van der Waals surface area contributed by atoms with Gasteiger partial charge in [0.15, 0.2) is 0 Å². The van der Waals surface area contributed by atoms with Gasteiger partial charge in [-0.25, -0.2) is 0 Å². The third kappa shape index (κ3) is 3.60. The number of nitrogen functional groups attached to an aromatic ring is 1. The summed E-state index contributed by atoms with van der Waals surface area (Å²) >= 11 is 0. The van der Waals surface area contributed by atoms with E-state index in [4.69, 9.17) is 5.73 Å². The van der Waals surface area contributed by atoms with Crippen LogP contribution in [0, 0.1) is 0 Å². The number of anilines is 2. The van der Waals surface area contributed by atoms with Crippen molar-refractivity contribution in [3.63, 3.8) is 0 Å². The average Bonchev–Trinajstić information content (AvgIpc) is 2.46. The second-order valence-corrected chi connectivity index (χ2v) is 5.30. The van der Waals surface area contributed by atoms with Crippen molar-refractivity contribution in [2.75, 3.05) is 57.5 Å². The Labute approximate surface area is 120 Å². The molecule has 0 atom stereocenters. The van der Waals surface area contributed by atoms with Crippen molar-refractivity contribution in [3.05, 3.63) is 18.5 Å². The number of nitrogens with zero attached hydrogens (tertiary/aromatic N) is 4. The summed E-state index contributed by atoms with van der Waals surface area (Å²) in [6.07, 6.45) is 4.05. The number of amides is 1. The lowest BCUT2D eigenvalue weighted by Crippen LogP contribution is -2.47. The fourth-order valence-electron chi connectivity index (χ4n) is 2.38. The van der Waals surface area contributed by atoms with Crippen LogP contribution in [0.2, 0.25) is 0 Å². The zero-order valence-corrected chi connectivity index (χ0v) is 12.2. The van der Waals surface area contributed by atoms with Gasteiger partial charge < -0.3 is 15.5 Å². The van der Waals surface area contributed by atoms with Crippen molar-refractivity contribution in [2.45, 2.75) is 6.42 Å². The lowest BCUT2D eigenvalue weighted by molar-refractivity contribution is -0.129. The van der Waals surface area contributed by atoms with Gasteiger partial charge in [0.25, 0.3) is 0 Å². The van der Waals surface area contributed by atoms with Crippen LogP contribution in [0.3, 0.4) is 0 Å². The minimum Gasteiger partial charge on any atom is -0.396 e. The highest BCUT2D eigenvalue weighted by Crippen LogP contribution is 2.22. The maximum atomic E-state index is 11.6. The molecule has 0 bridgehead atoms. The molecule has 1 aliphatic rings. The molecule has 2 rings (SSSR count). The molecular weight excluding hydrogens is 254 g/mol. The van der Waals surface area contributed by atoms with Crippen molar-refractivity contribution in [2.24, 2.45) is 0 Å². The van der Waals surface area contributed by atoms with E-state index in [0.717, 1.165) is 44.1 Å². The number of aromatic nitrogens is 1. The van der Waals surface area contributed by atoms with Gasteiger partial charge >= 0.3 is 0 Å². The van der Waals surface area contributed by atoms with E-state index in [-0.39, 0.29) is 5.91 Å². The first kappa shape index (κ1) is 14.6. The van der Waals surface area contributed by atoms with E-state index >= 15 is 0 Å². The second-order valence-electron chi connectivity index (χ2n) is 5.30. The van der Waals surface area contributed by atoms with Gasteiger partial charge in [-0.15, -0.1) is 0 Å². The SMILES string of the molecule is CN(C)C(=O)CCN1CCN(c2ccncc2N)CC1. The Morgan fingerprint density at radius 2 is 2.05 bits per heavy atom. The first-order valence-electron chi connectivity index (χ1n) is 6.95. The first-order valence-corrected chi connectivity index (χ1v) is 6.95. The summed E-state index contributed by atoms with van der Waals surface area (Å²) in [5, 5.41) is 0. The van der Waals surface area contributed by atoms with Crippen LogP contribution in [-0.2, 0) is 4.79 Å². The molecule has 0 radical (unpaired) electrons. The van der Waals surface area contributed by atoms with Crippen molar-refractivity contribution in [1.29, 1.82) is 0 Å². The van der Waals surface area contributed by atoms with Gasteiger partial charge in [-0.2, -0.15) is 0 Å². The van der Waals surface area contributed by atoms with Gasteiger partial charge in [0.2, 0.25) is 5.91 Å². The van der Waals surface area contributed by atoms with Crippen LogP contribution >= 0.6 is 0 Å². The Morgan fingerprint density at radius 3 is 2.65 bits per heavy atom. The van der Waals surface area contributed by atoms with Crippen LogP contribution in [0.5, 0.6) is 0 Å². The van der Waals surface area contributed by atoms with Gasteiger partial charge in [0.05, 0.1) is 17.6 Å². The molecule has 6 heteroatoms. The minimum absolute atomic E-state index is 0.186. The van der Waals surface area contributed by atoms with Gasteiger partial charge in [0, 0.05) is 59.4 Å². The molecule has 1 aromatic rings. The molecule has 2 N–H and O–H groups in total. The van der Waals surface area contributed by atoms with E-state index in [1.165, 1.54) is 0 Å². The highest BCUT2D eigenvalue weighted by Gasteiger charge is 2.19. The standard InChI is InChI=1S/C14H23N5O/c1-17(2)14(20)4-6-18-7-9-19(10-8-18)13-3-5-16-11-12(13)15/h3,5,11H,4,6-10,15H2,1-2H3. The monoisotopic (exact) mass is 277 g/mol. The Morgan fingerprint density at radius 1 is 1.35 bits per heavy atom. The zero-order chi connectivity index (χ0) is 14.5. The number of rotatable bonds is 4. The normalized spacial score (nSPS) is 16.2. The Bertz CT molecular complexity index is 455. The predicted molar refractivity (Wildman–Crippen MR) is 80.6 cm³/mol. The second kappa shape index (κ2) is 6.56. The maximum absolute atomic E-state index is 11.6. The predicted octanol–water partition coefficient (Wildman–Crippen LogP) is 0.264. The molecule has 0 aliphatic carbocycles. The van der Waals surface area contributed by atoms with E-state index in [0.29, 0.717) is 6.42 Å². The van der Waals surface area contributed by atoms with Crippen molar-refractivity contribution in [3.8, 4) is 0 Å². The van der Waals surface area contributed by atoms with Gasteiger partial charge in [0.1, 0.15) is 0 Å². The van der Waals surface area contributed by atoms with Gasteiger partial charge in [-0.05, 0) is 6.07 Å². The van der Waals surface area contributed by atoms with E-state index in [9.17, 15) is 4.79 Å². The number of nitrogens with two attached hydrogens (primary N) is 1. The molecule has 1 fully saturated rings. The van der Waals surface area contributed by atoms with E-state index in [1.807, 2.05) is 6.07 Å². The molecule has 0 saturated carbocycles. The molecule has 20 heavy (non-hydrogen) atoms. The topological polar surface area (TPSA) is 65.7 Å². The Kier molecular flexibility index (Phi) is 4.79. The minimum atomic E-state index is 0.186. The highest BCUT2D eigenvalue weighted by atomic mass is 16.2. The number of piperazine rings is 1. The fraction of sp³-hybridized carbons (Fsp3) is 0.571. The molecule has 110 valence electrons. The number of carbonyl (C=O) groups excluding carboxylic acids is 1. The van der Waals surface area contributed by atoms with Gasteiger partial charge in [-0.3, -0.25) is 14.7 Å². The van der Waals surface area contributed by atoms with E-state index in [1.54, 1.807) is 31.4 Å². The maximum Gasteiger partial charge on any atom is 0.223 e. The molecular formula is C14H23N5O. The molecule has 0 aromatic carbocycles. The summed E-state index contributed by atoms with van der Waals surface area (Å²) < 4.78 is 0. The summed E-state index contributed by atoms with van der Waals surface area (Å²) in [4.78, 5) is 21.9. The van der Waals surface area contributed by atoms with Crippen LogP contribution < -0.4 is 10.6 Å². The van der Waals surface area contributed by atoms with Crippen molar-refractivity contribution >= 4 is 17.3 Å². The third-order valence-electron chi connectivity index (χ3n) is 3.68. The molecule has 1 amide bonds. The average molecular weight is 277 g/mol. The Hall–Kier alpha value is -1.82. The van der Waals surface area contributed by atoms with Crippen LogP contribution in [0.15, 0.2) is 18.5 Å². The Balaban J connectivity index is 1.81. The van der Waals surface area contributed by atoms with Crippen LogP contribution in [0.1, 0.15) is 6.42 Å². The lowest BCUT2D eigenvalue weighted by atomic mass is 10.2. The number of hydrogen-bond donors (Lipinski definition) is 1. The first-order chi connectivity index (χ1) is 9.58. The fourth-order valence-corrected chi connectivity index (χ4v) is 2.38. The smallest absolute Gasteiger partial charge is 0.223 e. The molecule has 1 saturated heterocycles. The highest BCUT2D eigenvalue weighted by molar-refractivity contribution is 5.75. The summed E-state index contributed by atoms with van der Waals surface area (Å²) in [5.41, 5.74) is 7.73. The number of carbonyl (C=O) groups is 1. The van der Waals surface area contributed by atoms with Crippen molar-refractivity contribution in [1.82, 2.24) is 14.8 Å². The number of pyridine rings is 1. The third-order valence-corrected chi connectivity index (χ3v) is 3.68. The summed E-state index contributed by atoms with van der Waals surface area (Å²) in [6, 6.07) is 1.96. The summed E-state index contributed by atoms with van der Waals surface area (Å²) in [5.74, 6) is 0.186. The quantitative estimate of drug-likeness (QED) is 0.855. The van der Waals surface area contributed by atoms with E-state index in [2.05, 4.69) is 14.8 Å². The van der Waals surface area contributed by atoms with Crippen LogP contribution in [-0.4, -0.2) is 67.5 Å². The van der Waals surface area contributed by atoms with Crippen LogP contribution in [0.4, 0.5) is 11.4 Å². The van der Waals surface area contributed by atoms with Crippen molar-refractivity contribution < 1.29 is 4.79 Å². The largest absolute Gasteiger partial charge is 0.396 e. The molecule has 6 nitrogen and oxygen atoms in total. The summed E-state index contributed by atoms with van der Waals surface area (Å²) in [7, 11) is 3.60. The van der Waals surface area contributed by atoms with Crippen LogP contribution in [0.25, 0.3) is 0 Å². The molecule has 1 aromatic heterocycles. The molecule has 1 aliphatic heterocycles. The molecule has 0 spiro atoms. The zero-order valence-electron chi connectivity index (χ0n) is 12.2. The summed E-state index contributed by atoms with van der Waals surface area (Å²) in [6.45, 7) is 4.62. The van der Waals surface area contributed by atoms with E-state index < -0.39 is 0 Å². The lowest BCUT2D eigenvalue weighted by Gasteiger charge is -2.36. The molecule has 0 unspecified atom stereocenters. The van der Waals surface area contributed by atoms with Gasteiger partial charge in [-0.1, -0.05) is 0 Å². The molecule has 2 heterocycles.